The molecule has 0 saturated carbocycles. The van der Waals surface area contributed by atoms with Crippen molar-refractivity contribution in [1.29, 1.82) is 0 Å². The quantitative estimate of drug-likeness (QED) is 0.810. The number of nitrogen functional groups attached to an aromatic ring is 1. The van der Waals surface area contributed by atoms with Gasteiger partial charge in [-0.3, -0.25) is 0 Å². The van der Waals surface area contributed by atoms with E-state index in [9.17, 15) is 4.39 Å². The highest BCUT2D eigenvalue weighted by Gasteiger charge is 2.15. The summed E-state index contributed by atoms with van der Waals surface area (Å²) in [7, 11) is 1.69. The Balaban J connectivity index is 2.69. The van der Waals surface area contributed by atoms with Crippen molar-refractivity contribution in [2.75, 3.05) is 5.73 Å². The Hall–Kier alpha value is -1.55. The highest BCUT2D eigenvalue weighted by atomic mass is 35.5. The van der Waals surface area contributed by atoms with Crippen molar-refractivity contribution in [3.63, 3.8) is 0 Å². The normalized spacial score (nSPS) is 10.6. The van der Waals surface area contributed by atoms with E-state index in [-0.39, 0.29) is 16.9 Å². The SMILES string of the molecule is Cn1c(N)nc(Cl)c1-c1ccccc1F. The molecule has 3 nitrogen and oxygen atoms in total. The van der Waals surface area contributed by atoms with Gasteiger partial charge in [0.2, 0.25) is 5.95 Å². The summed E-state index contributed by atoms with van der Waals surface area (Å²) < 4.78 is 15.1. The Labute approximate surface area is 91.3 Å². The van der Waals surface area contributed by atoms with Crippen molar-refractivity contribution in [3.8, 4) is 11.3 Å². The average Bonchev–Trinajstić information content (AvgIpc) is 2.43. The first-order chi connectivity index (χ1) is 7.11. The van der Waals surface area contributed by atoms with E-state index in [1.54, 1.807) is 29.8 Å². The lowest BCUT2D eigenvalue weighted by Gasteiger charge is -2.04. The van der Waals surface area contributed by atoms with Crippen LogP contribution in [0.25, 0.3) is 11.3 Å². The largest absolute Gasteiger partial charge is 0.369 e. The summed E-state index contributed by atoms with van der Waals surface area (Å²) in [5.74, 6) is -0.0827. The van der Waals surface area contributed by atoms with Crippen molar-refractivity contribution in [1.82, 2.24) is 9.55 Å². The fourth-order valence-electron chi connectivity index (χ4n) is 1.43. The molecule has 0 fully saturated rings. The number of benzene rings is 1. The van der Waals surface area contributed by atoms with E-state index in [0.717, 1.165) is 0 Å². The Kier molecular flexibility index (Phi) is 2.36. The van der Waals surface area contributed by atoms with Gasteiger partial charge < -0.3 is 10.3 Å². The topological polar surface area (TPSA) is 43.8 Å². The number of rotatable bonds is 1. The van der Waals surface area contributed by atoms with Gasteiger partial charge in [0, 0.05) is 12.6 Å². The molecule has 0 saturated heterocycles. The highest BCUT2D eigenvalue weighted by Crippen LogP contribution is 2.30. The molecule has 15 heavy (non-hydrogen) atoms. The molecule has 0 atom stereocenters. The first-order valence-corrected chi connectivity index (χ1v) is 4.71. The van der Waals surface area contributed by atoms with Gasteiger partial charge >= 0.3 is 0 Å². The number of hydrogen-bond donors (Lipinski definition) is 1. The van der Waals surface area contributed by atoms with Gasteiger partial charge in [0.1, 0.15) is 5.82 Å². The molecule has 0 unspecified atom stereocenters. The second-order valence-corrected chi connectivity index (χ2v) is 3.51. The summed E-state index contributed by atoms with van der Waals surface area (Å²) in [5.41, 5.74) is 6.46. The number of hydrogen-bond acceptors (Lipinski definition) is 2. The van der Waals surface area contributed by atoms with Gasteiger partial charge in [0.15, 0.2) is 5.15 Å². The predicted molar refractivity (Wildman–Crippen MR) is 58.0 cm³/mol. The van der Waals surface area contributed by atoms with Gasteiger partial charge in [-0.15, -0.1) is 0 Å². The summed E-state index contributed by atoms with van der Waals surface area (Å²) in [6.45, 7) is 0. The molecule has 2 aromatic rings. The van der Waals surface area contributed by atoms with E-state index < -0.39 is 0 Å². The molecule has 1 aromatic heterocycles. The Morgan fingerprint density at radius 1 is 1.40 bits per heavy atom. The lowest BCUT2D eigenvalue weighted by Crippen LogP contribution is -1.99. The molecule has 0 aliphatic heterocycles. The van der Waals surface area contributed by atoms with Gasteiger partial charge in [0.25, 0.3) is 0 Å². The Bertz CT molecular complexity index is 507. The molecule has 0 amide bonds. The van der Waals surface area contributed by atoms with Crippen LogP contribution in [0.15, 0.2) is 24.3 Å². The van der Waals surface area contributed by atoms with Crippen LogP contribution in [0, 0.1) is 5.82 Å². The summed E-state index contributed by atoms with van der Waals surface area (Å²) >= 11 is 5.88. The van der Waals surface area contributed by atoms with E-state index in [2.05, 4.69) is 4.98 Å². The molecule has 1 aromatic carbocycles. The van der Waals surface area contributed by atoms with E-state index in [1.165, 1.54) is 6.07 Å². The maximum Gasteiger partial charge on any atom is 0.201 e. The van der Waals surface area contributed by atoms with E-state index >= 15 is 0 Å². The van der Waals surface area contributed by atoms with Crippen LogP contribution >= 0.6 is 11.6 Å². The van der Waals surface area contributed by atoms with Gasteiger partial charge in [-0.1, -0.05) is 23.7 Å². The fourth-order valence-corrected chi connectivity index (χ4v) is 1.74. The molecule has 2 N–H and O–H groups in total. The van der Waals surface area contributed by atoms with Crippen LogP contribution in [0.1, 0.15) is 0 Å². The molecule has 1 heterocycles. The van der Waals surface area contributed by atoms with Gasteiger partial charge in [-0.25, -0.2) is 9.37 Å². The number of imidazole rings is 1. The minimum Gasteiger partial charge on any atom is -0.369 e. The van der Waals surface area contributed by atoms with Crippen LogP contribution in [0.2, 0.25) is 5.15 Å². The summed E-state index contributed by atoms with van der Waals surface area (Å²) in [4.78, 5) is 3.87. The van der Waals surface area contributed by atoms with Gasteiger partial charge in [-0.05, 0) is 12.1 Å². The van der Waals surface area contributed by atoms with E-state index in [4.69, 9.17) is 17.3 Å². The molecule has 78 valence electrons. The zero-order valence-electron chi connectivity index (χ0n) is 8.04. The molecule has 0 spiro atoms. The third kappa shape index (κ3) is 1.57. The van der Waals surface area contributed by atoms with E-state index in [1.807, 2.05) is 0 Å². The zero-order chi connectivity index (χ0) is 11.0. The molecule has 0 aliphatic rings. The molecule has 0 aliphatic carbocycles. The minimum absolute atomic E-state index is 0.208. The number of nitrogens with two attached hydrogens (primary N) is 1. The van der Waals surface area contributed by atoms with Crippen molar-refractivity contribution < 1.29 is 4.39 Å². The van der Waals surface area contributed by atoms with Crippen LogP contribution in [-0.4, -0.2) is 9.55 Å². The van der Waals surface area contributed by atoms with Crippen LogP contribution in [0.4, 0.5) is 10.3 Å². The number of aromatic nitrogens is 2. The Morgan fingerprint density at radius 2 is 2.07 bits per heavy atom. The third-order valence-corrected chi connectivity index (χ3v) is 2.48. The van der Waals surface area contributed by atoms with E-state index in [0.29, 0.717) is 11.3 Å². The molecular weight excluding hydrogens is 217 g/mol. The van der Waals surface area contributed by atoms with Crippen LogP contribution in [0.3, 0.4) is 0 Å². The van der Waals surface area contributed by atoms with Gasteiger partial charge in [0.05, 0.1) is 5.69 Å². The summed E-state index contributed by atoms with van der Waals surface area (Å²) in [5, 5.41) is 0.208. The molecule has 0 bridgehead atoms. The fraction of sp³-hybridized carbons (Fsp3) is 0.100. The number of nitrogens with zero attached hydrogens (tertiary/aromatic N) is 2. The third-order valence-electron chi connectivity index (χ3n) is 2.22. The van der Waals surface area contributed by atoms with Crippen LogP contribution in [0.5, 0.6) is 0 Å². The first-order valence-electron chi connectivity index (χ1n) is 4.34. The Morgan fingerprint density at radius 3 is 2.60 bits per heavy atom. The predicted octanol–water partition coefficient (Wildman–Crippen LogP) is 2.46. The number of halogens is 2. The standard InChI is InChI=1S/C10H9ClFN3/c1-15-8(9(11)14-10(15)13)6-4-2-3-5-7(6)12/h2-5H,1H3,(H2,13,14). The van der Waals surface area contributed by atoms with Crippen molar-refractivity contribution >= 4 is 17.5 Å². The summed E-state index contributed by atoms with van der Waals surface area (Å²) in [6, 6.07) is 6.36. The minimum atomic E-state index is -0.345. The molecular formula is C10H9ClFN3. The van der Waals surface area contributed by atoms with Gasteiger partial charge in [-0.2, -0.15) is 0 Å². The van der Waals surface area contributed by atoms with Crippen LogP contribution in [-0.2, 0) is 7.05 Å². The zero-order valence-corrected chi connectivity index (χ0v) is 8.79. The number of anilines is 1. The van der Waals surface area contributed by atoms with Crippen molar-refractivity contribution in [2.24, 2.45) is 7.05 Å². The molecule has 2 rings (SSSR count). The average molecular weight is 226 g/mol. The van der Waals surface area contributed by atoms with Crippen LogP contribution < -0.4 is 5.73 Å². The molecule has 5 heteroatoms. The lowest BCUT2D eigenvalue weighted by atomic mass is 10.1. The monoisotopic (exact) mass is 225 g/mol. The van der Waals surface area contributed by atoms with Crippen molar-refractivity contribution in [3.05, 3.63) is 35.2 Å². The second-order valence-electron chi connectivity index (χ2n) is 3.15. The summed E-state index contributed by atoms with van der Waals surface area (Å²) in [6.07, 6.45) is 0. The first kappa shape index (κ1) is 9.98. The maximum absolute atomic E-state index is 13.5. The lowest BCUT2D eigenvalue weighted by molar-refractivity contribution is 0.630. The molecule has 0 radical (unpaired) electrons. The second kappa shape index (κ2) is 3.55. The maximum atomic E-state index is 13.5. The highest BCUT2D eigenvalue weighted by molar-refractivity contribution is 6.32. The van der Waals surface area contributed by atoms with Crippen molar-refractivity contribution in [2.45, 2.75) is 0 Å². The smallest absolute Gasteiger partial charge is 0.201 e.